The maximum absolute atomic E-state index is 10.8. The Kier molecular flexibility index (Phi) is 4.65. The molecule has 2 nitrogen and oxygen atoms in total. The van der Waals surface area contributed by atoms with Crippen molar-refractivity contribution in [3.63, 3.8) is 0 Å². The first-order valence-electron chi connectivity index (χ1n) is 6.77. The van der Waals surface area contributed by atoms with E-state index >= 15 is 0 Å². The Morgan fingerprint density at radius 3 is 2.89 bits per heavy atom. The molecule has 0 aliphatic carbocycles. The molecule has 0 aromatic heterocycles. The quantitative estimate of drug-likeness (QED) is 0.759. The van der Waals surface area contributed by atoms with E-state index in [0.29, 0.717) is 16.6 Å². The maximum atomic E-state index is 10.8. The van der Waals surface area contributed by atoms with Crippen LogP contribution in [-0.2, 0) is 0 Å². The monoisotopic (exact) mass is 265 g/mol. The van der Waals surface area contributed by atoms with Gasteiger partial charge in [-0.1, -0.05) is 31.4 Å². The van der Waals surface area contributed by atoms with Gasteiger partial charge in [-0.15, -0.1) is 0 Å². The standard InChI is InChI=1S/C15H20ClNO/c1-2-13-6-4-3-5-9-17(13)14-8-7-12(11-18)15(16)10-14/h7-8,10-11,13H,2-6,9H2,1H3. The van der Waals surface area contributed by atoms with E-state index in [4.69, 9.17) is 11.6 Å². The van der Waals surface area contributed by atoms with Gasteiger partial charge in [0.25, 0.3) is 0 Å². The lowest BCUT2D eigenvalue weighted by Crippen LogP contribution is -2.34. The summed E-state index contributed by atoms with van der Waals surface area (Å²) >= 11 is 6.12. The van der Waals surface area contributed by atoms with Gasteiger partial charge in [0.2, 0.25) is 0 Å². The minimum Gasteiger partial charge on any atom is -0.369 e. The average molecular weight is 266 g/mol. The number of nitrogens with zero attached hydrogens (tertiary/aromatic N) is 1. The Balaban J connectivity index is 2.27. The molecule has 0 spiro atoms. The van der Waals surface area contributed by atoms with E-state index in [0.717, 1.165) is 24.9 Å². The molecule has 1 aromatic carbocycles. The molecule has 1 aromatic rings. The van der Waals surface area contributed by atoms with Gasteiger partial charge in [0, 0.05) is 23.8 Å². The molecule has 1 heterocycles. The lowest BCUT2D eigenvalue weighted by Gasteiger charge is -2.31. The molecule has 1 unspecified atom stereocenters. The molecule has 2 rings (SSSR count). The lowest BCUT2D eigenvalue weighted by molar-refractivity contribution is 0.112. The van der Waals surface area contributed by atoms with Gasteiger partial charge in [-0.05, 0) is 37.5 Å². The average Bonchev–Trinajstić information content (AvgIpc) is 2.63. The predicted molar refractivity (Wildman–Crippen MR) is 76.7 cm³/mol. The molecule has 0 N–H and O–H groups in total. The first-order chi connectivity index (χ1) is 8.76. The molecule has 18 heavy (non-hydrogen) atoms. The van der Waals surface area contributed by atoms with E-state index in [2.05, 4.69) is 11.8 Å². The lowest BCUT2D eigenvalue weighted by atomic mass is 10.1. The van der Waals surface area contributed by atoms with Crippen LogP contribution in [0.25, 0.3) is 0 Å². The number of benzene rings is 1. The first kappa shape index (κ1) is 13.4. The van der Waals surface area contributed by atoms with E-state index < -0.39 is 0 Å². The van der Waals surface area contributed by atoms with Crippen molar-refractivity contribution in [3.05, 3.63) is 28.8 Å². The molecular formula is C15H20ClNO. The van der Waals surface area contributed by atoms with Crippen molar-refractivity contribution in [2.24, 2.45) is 0 Å². The Hall–Kier alpha value is -1.02. The Morgan fingerprint density at radius 1 is 1.39 bits per heavy atom. The highest BCUT2D eigenvalue weighted by molar-refractivity contribution is 6.33. The van der Waals surface area contributed by atoms with Gasteiger partial charge in [-0.2, -0.15) is 0 Å². The summed E-state index contributed by atoms with van der Waals surface area (Å²) in [5.41, 5.74) is 1.72. The first-order valence-corrected chi connectivity index (χ1v) is 7.15. The highest BCUT2D eigenvalue weighted by atomic mass is 35.5. The van der Waals surface area contributed by atoms with Crippen LogP contribution < -0.4 is 4.90 Å². The molecule has 1 atom stereocenters. The number of aldehydes is 1. The number of carbonyl (C=O) groups is 1. The third-order valence-electron chi connectivity index (χ3n) is 3.79. The topological polar surface area (TPSA) is 20.3 Å². The normalized spacial score (nSPS) is 20.6. The van der Waals surface area contributed by atoms with Gasteiger partial charge < -0.3 is 4.90 Å². The molecular weight excluding hydrogens is 246 g/mol. The summed E-state index contributed by atoms with van der Waals surface area (Å²) in [4.78, 5) is 13.2. The van der Waals surface area contributed by atoms with Crippen LogP contribution in [-0.4, -0.2) is 18.9 Å². The highest BCUT2D eigenvalue weighted by Crippen LogP contribution is 2.29. The van der Waals surface area contributed by atoms with Gasteiger partial charge in [0.05, 0.1) is 5.02 Å². The van der Waals surface area contributed by atoms with Crippen molar-refractivity contribution in [2.45, 2.75) is 45.1 Å². The van der Waals surface area contributed by atoms with Crippen LogP contribution in [0.1, 0.15) is 49.4 Å². The fourth-order valence-electron chi connectivity index (χ4n) is 2.73. The summed E-state index contributed by atoms with van der Waals surface area (Å²) in [6, 6.07) is 6.37. The molecule has 0 amide bonds. The summed E-state index contributed by atoms with van der Waals surface area (Å²) in [7, 11) is 0. The Labute approximate surface area is 114 Å². The molecule has 0 saturated carbocycles. The SMILES string of the molecule is CCC1CCCCCN1c1ccc(C=O)c(Cl)c1. The Morgan fingerprint density at radius 2 is 2.22 bits per heavy atom. The van der Waals surface area contributed by atoms with Crippen LogP contribution in [0, 0.1) is 0 Å². The number of hydrogen-bond acceptors (Lipinski definition) is 2. The molecule has 1 aliphatic rings. The van der Waals surface area contributed by atoms with Gasteiger partial charge in [-0.3, -0.25) is 4.79 Å². The zero-order valence-corrected chi connectivity index (χ0v) is 11.6. The van der Waals surface area contributed by atoms with Crippen LogP contribution in [0.3, 0.4) is 0 Å². The second-order valence-corrected chi connectivity index (χ2v) is 5.34. The fraction of sp³-hybridized carbons (Fsp3) is 0.533. The van der Waals surface area contributed by atoms with Crippen molar-refractivity contribution >= 4 is 23.6 Å². The van der Waals surface area contributed by atoms with Crippen molar-refractivity contribution in [1.29, 1.82) is 0 Å². The second kappa shape index (κ2) is 6.24. The van der Waals surface area contributed by atoms with E-state index in [1.165, 1.54) is 25.7 Å². The third-order valence-corrected chi connectivity index (χ3v) is 4.12. The van der Waals surface area contributed by atoms with E-state index in [1.54, 1.807) is 0 Å². The molecule has 1 saturated heterocycles. The molecule has 1 aliphatic heterocycles. The minimum atomic E-state index is 0.557. The van der Waals surface area contributed by atoms with Crippen LogP contribution in [0.2, 0.25) is 5.02 Å². The van der Waals surface area contributed by atoms with Gasteiger partial charge in [0.15, 0.2) is 6.29 Å². The molecule has 1 fully saturated rings. The number of carbonyl (C=O) groups excluding carboxylic acids is 1. The van der Waals surface area contributed by atoms with Crippen molar-refractivity contribution in [1.82, 2.24) is 0 Å². The zero-order chi connectivity index (χ0) is 13.0. The van der Waals surface area contributed by atoms with Crippen molar-refractivity contribution in [3.8, 4) is 0 Å². The van der Waals surface area contributed by atoms with Crippen LogP contribution in [0.15, 0.2) is 18.2 Å². The smallest absolute Gasteiger partial charge is 0.151 e. The Bertz CT molecular complexity index is 419. The maximum Gasteiger partial charge on any atom is 0.151 e. The summed E-state index contributed by atoms with van der Waals surface area (Å²) < 4.78 is 0. The molecule has 0 bridgehead atoms. The van der Waals surface area contributed by atoms with Gasteiger partial charge in [0.1, 0.15) is 0 Å². The van der Waals surface area contributed by atoms with Crippen LogP contribution in [0.4, 0.5) is 5.69 Å². The summed E-state index contributed by atoms with van der Waals surface area (Å²) in [6.07, 6.45) is 7.09. The minimum absolute atomic E-state index is 0.557. The fourth-order valence-corrected chi connectivity index (χ4v) is 2.95. The van der Waals surface area contributed by atoms with Crippen LogP contribution >= 0.6 is 11.6 Å². The predicted octanol–water partition coefficient (Wildman–Crippen LogP) is 4.31. The largest absolute Gasteiger partial charge is 0.369 e. The highest BCUT2D eigenvalue weighted by Gasteiger charge is 2.20. The number of rotatable bonds is 3. The summed E-state index contributed by atoms with van der Waals surface area (Å²) in [5, 5.41) is 0.557. The molecule has 0 radical (unpaired) electrons. The van der Waals surface area contributed by atoms with E-state index in [-0.39, 0.29) is 0 Å². The van der Waals surface area contributed by atoms with Crippen molar-refractivity contribution in [2.75, 3.05) is 11.4 Å². The third kappa shape index (κ3) is 2.86. The van der Waals surface area contributed by atoms with E-state index in [9.17, 15) is 4.79 Å². The van der Waals surface area contributed by atoms with Gasteiger partial charge in [-0.25, -0.2) is 0 Å². The van der Waals surface area contributed by atoms with Crippen molar-refractivity contribution < 1.29 is 4.79 Å². The zero-order valence-electron chi connectivity index (χ0n) is 10.9. The number of halogens is 1. The summed E-state index contributed by atoms with van der Waals surface area (Å²) in [5.74, 6) is 0. The van der Waals surface area contributed by atoms with E-state index in [1.807, 2.05) is 18.2 Å². The second-order valence-electron chi connectivity index (χ2n) is 4.93. The molecule has 3 heteroatoms. The summed E-state index contributed by atoms with van der Waals surface area (Å²) in [6.45, 7) is 3.33. The number of hydrogen-bond donors (Lipinski definition) is 0. The molecule has 98 valence electrons. The van der Waals surface area contributed by atoms with Gasteiger partial charge >= 0.3 is 0 Å². The van der Waals surface area contributed by atoms with Crippen LogP contribution in [0.5, 0.6) is 0 Å². The number of anilines is 1.